The fraction of sp³-hybridized carbons (Fsp3) is 0.429. The van der Waals surface area contributed by atoms with Crippen molar-refractivity contribution in [3.05, 3.63) is 66.8 Å². The number of benzene rings is 2. The van der Waals surface area contributed by atoms with Crippen LogP contribution in [0, 0.1) is 14.8 Å². The summed E-state index contributed by atoms with van der Waals surface area (Å²) in [4.78, 5) is 32.4. The van der Waals surface area contributed by atoms with Gasteiger partial charge in [0.1, 0.15) is 17.1 Å². The van der Waals surface area contributed by atoms with E-state index in [1.807, 2.05) is 55.5 Å². The van der Waals surface area contributed by atoms with Crippen molar-refractivity contribution >= 4 is 45.2 Å². The number of aromatic nitrogens is 1. The standard InChI is InChI=1S/C28H33FIN3O6/c1-28(2,3)24(15-34)33-14-20(27(36)39-31)26(35)19-11-16(23(37-4)13-22(19)33)9-17-10-18(12-21(30)25(17)29)32-5-7-38-8-6-32/h10-14,24,34H,5-9,15,31H2,1-4H3/t24-/m1/s1. The molecule has 3 N–H and O–H groups in total. The Morgan fingerprint density at radius 3 is 2.49 bits per heavy atom. The van der Waals surface area contributed by atoms with Gasteiger partial charge < -0.3 is 28.9 Å². The molecule has 1 aromatic heterocycles. The normalized spacial score (nSPS) is 14.9. The maximum atomic E-state index is 15.4. The predicted octanol–water partition coefficient (Wildman–Crippen LogP) is 3.79. The van der Waals surface area contributed by atoms with Crippen molar-refractivity contribution in [2.75, 3.05) is 44.9 Å². The van der Waals surface area contributed by atoms with Crippen molar-refractivity contribution < 1.29 is 28.6 Å². The summed E-state index contributed by atoms with van der Waals surface area (Å²) in [7, 11) is 1.50. The molecule has 1 aliphatic rings. The van der Waals surface area contributed by atoms with E-state index in [0.717, 1.165) is 5.69 Å². The van der Waals surface area contributed by atoms with E-state index in [2.05, 4.69) is 9.74 Å². The largest absolute Gasteiger partial charge is 0.496 e. The molecule has 39 heavy (non-hydrogen) atoms. The van der Waals surface area contributed by atoms with Gasteiger partial charge in [-0.25, -0.2) is 9.18 Å². The number of pyridine rings is 1. The fourth-order valence-electron chi connectivity index (χ4n) is 4.96. The predicted molar refractivity (Wildman–Crippen MR) is 155 cm³/mol. The quantitative estimate of drug-likeness (QED) is 0.293. The van der Waals surface area contributed by atoms with Gasteiger partial charge in [0.25, 0.3) is 0 Å². The third kappa shape index (κ3) is 5.91. The molecule has 3 aromatic rings. The molecule has 210 valence electrons. The summed E-state index contributed by atoms with van der Waals surface area (Å²) in [6, 6.07) is 6.43. The smallest absolute Gasteiger partial charge is 0.362 e. The highest BCUT2D eigenvalue weighted by Gasteiger charge is 2.29. The van der Waals surface area contributed by atoms with E-state index in [0.29, 0.717) is 52.3 Å². The number of carbonyl (C=O) groups excluding carboxylic acids is 1. The van der Waals surface area contributed by atoms with E-state index >= 15 is 4.39 Å². The lowest BCUT2D eigenvalue weighted by Crippen LogP contribution is -2.36. The fourth-order valence-corrected chi connectivity index (χ4v) is 5.63. The number of methoxy groups -OCH3 is 1. The molecule has 1 aliphatic heterocycles. The first-order valence-corrected chi connectivity index (χ1v) is 13.7. The summed E-state index contributed by atoms with van der Waals surface area (Å²) in [6.07, 6.45) is 1.51. The van der Waals surface area contributed by atoms with Crippen molar-refractivity contribution in [1.82, 2.24) is 4.57 Å². The lowest BCUT2D eigenvalue weighted by atomic mass is 9.86. The van der Waals surface area contributed by atoms with Crippen molar-refractivity contribution in [3.8, 4) is 5.75 Å². The number of fused-ring (bicyclic) bond motifs is 1. The van der Waals surface area contributed by atoms with Gasteiger partial charge in [-0.15, -0.1) is 0 Å². The highest BCUT2D eigenvalue weighted by atomic mass is 127. The van der Waals surface area contributed by atoms with Crippen molar-refractivity contribution in [3.63, 3.8) is 0 Å². The molecule has 9 nitrogen and oxygen atoms in total. The zero-order chi connectivity index (χ0) is 28.5. The zero-order valence-corrected chi connectivity index (χ0v) is 24.6. The minimum Gasteiger partial charge on any atom is -0.496 e. The van der Waals surface area contributed by atoms with Crippen LogP contribution >= 0.6 is 22.6 Å². The van der Waals surface area contributed by atoms with Crippen LogP contribution in [-0.4, -0.2) is 55.7 Å². The van der Waals surface area contributed by atoms with Gasteiger partial charge >= 0.3 is 5.97 Å². The van der Waals surface area contributed by atoms with Crippen LogP contribution in [0.5, 0.6) is 5.75 Å². The van der Waals surface area contributed by atoms with Crippen LogP contribution in [0.4, 0.5) is 10.1 Å². The first kappa shape index (κ1) is 29.2. The van der Waals surface area contributed by atoms with Gasteiger partial charge in [0.05, 0.1) is 42.1 Å². The van der Waals surface area contributed by atoms with E-state index in [1.54, 1.807) is 16.7 Å². The Bertz CT molecular complexity index is 1450. The molecule has 4 rings (SSSR count). The third-order valence-electron chi connectivity index (χ3n) is 7.12. The molecular formula is C28H33FIN3O6. The van der Waals surface area contributed by atoms with Gasteiger partial charge in [0.2, 0.25) is 5.43 Å². The lowest BCUT2D eigenvalue weighted by molar-refractivity contribution is 0.0499. The summed E-state index contributed by atoms with van der Waals surface area (Å²) < 4.78 is 28.7. The highest BCUT2D eigenvalue weighted by molar-refractivity contribution is 14.1. The van der Waals surface area contributed by atoms with Crippen molar-refractivity contribution in [2.45, 2.75) is 33.2 Å². The van der Waals surface area contributed by atoms with Crippen molar-refractivity contribution in [2.24, 2.45) is 11.3 Å². The van der Waals surface area contributed by atoms with Crippen LogP contribution in [0.15, 0.2) is 35.3 Å². The zero-order valence-electron chi connectivity index (χ0n) is 22.4. The number of morpholine rings is 1. The maximum Gasteiger partial charge on any atom is 0.362 e. The Morgan fingerprint density at radius 2 is 1.90 bits per heavy atom. The Morgan fingerprint density at radius 1 is 1.21 bits per heavy atom. The first-order valence-electron chi connectivity index (χ1n) is 12.6. The van der Waals surface area contributed by atoms with Gasteiger partial charge in [-0.05, 0) is 57.3 Å². The molecule has 1 atom stereocenters. The molecule has 2 aromatic carbocycles. The van der Waals surface area contributed by atoms with Gasteiger partial charge in [-0.1, -0.05) is 20.8 Å². The maximum absolute atomic E-state index is 15.4. The number of ether oxygens (including phenoxy) is 2. The summed E-state index contributed by atoms with van der Waals surface area (Å²) in [5, 5.41) is 10.5. The van der Waals surface area contributed by atoms with E-state index in [9.17, 15) is 14.7 Å². The van der Waals surface area contributed by atoms with Crippen LogP contribution < -0.4 is 21.0 Å². The van der Waals surface area contributed by atoms with Crippen LogP contribution in [0.1, 0.15) is 48.3 Å². The average molecular weight is 653 g/mol. The number of halogens is 2. The van der Waals surface area contributed by atoms with E-state index in [-0.39, 0.29) is 29.8 Å². The number of nitrogens with zero attached hydrogens (tertiary/aromatic N) is 2. The van der Waals surface area contributed by atoms with Crippen LogP contribution in [0.2, 0.25) is 0 Å². The number of anilines is 1. The monoisotopic (exact) mass is 653 g/mol. The first-order chi connectivity index (χ1) is 18.5. The van der Waals surface area contributed by atoms with Crippen LogP contribution in [0.3, 0.4) is 0 Å². The molecule has 0 bridgehead atoms. The van der Waals surface area contributed by atoms with Gasteiger partial charge in [-0.2, -0.15) is 5.90 Å². The molecule has 2 heterocycles. The number of nitrogens with two attached hydrogens (primary N) is 1. The number of rotatable bonds is 7. The minimum atomic E-state index is -0.988. The Labute approximate surface area is 239 Å². The molecule has 1 saturated heterocycles. The number of aliphatic hydroxyl groups excluding tert-OH is 1. The van der Waals surface area contributed by atoms with Gasteiger partial charge in [0, 0.05) is 42.8 Å². The highest BCUT2D eigenvalue weighted by Crippen LogP contribution is 2.36. The SMILES string of the molecule is COc1cc2c(cc1Cc1cc(N3CCOCC3)cc(I)c1F)c(=O)c(C(=O)ON)cn2[C@H](CO)C(C)(C)C. The summed E-state index contributed by atoms with van der Waals surface area (Å²) in [6.45, 7) is 8.19. The number of hydrogen-bond acceptors (Lipinski definition) is 8. The second-order valence-corrected chi connectivity index (χ2v) is 11.8. The Kier molecular flexibility index (Phi) is 8.84. The molecule has 0 amide bonds. The topological polar surface area (TPSA) is 116 Å². The summed E-state index contributed by atoms with van der Waals surface area (Å²) >= 11 is 1.99. The Hall–Kier alpha value is -2.74. The van der Waals surface area contributed by atoms with Gasteiger partial charge in [0.15, 0.2) is 0 Å². The molecule has 0 aliphatic carbocycles. The second-order valence-electron chi connectivity index (χ2n) is 10.6. The molecule has 0 saturated carbocycles. The molecule has 1 fully saturated rings. The van der Waals surface area contributed by atoms with E-state index in [1.165, 1.54) is 13.3 Å². The number of hydrogen-bond donors (Lipinski definition) is 2. The molecule has 0 radical (unpaired) electrons. The van der Waals surface area contributed by atoms with Crippen LogP contribution in [0.25, 0.3) is 10.9 Å². The Balaban J connectivity index is 1.92. The molecule has 11 heteroatoms. The van der Waals surface area contributed by atoms with Crippen LogP contribution in [-0.2, 0) is 16.0 Å². The lowest BCUT2D eigenvalue weighted by Gasteiger charge is -2.33. The summed E-state index contributed by atoms with van der Waals surface area (Å²) in [5.41, 5.74) is 1.08. The minimum absolute atomic E-state index is 0.146. The van der Waals surface area contributed by atoms with E-state index in [4.69, 9.17) is 15.4 Å². The molecule has 0 unspecified atom stereocenters. The van der Waals surface area contributed by atoms with Gasteiger partial charge in [-0.3, -0.25) is 4.79 Å². The second kappa shape index (κ2) is 11.8. The van der Waals surface area contributed by atoms with E-state index < -0.39 is 22.9 Å². The third-order valence-corrected chi connectivity index (χ3v) is 7.90. The van der Waals surface area contributed by atoms with Crippen molar-refractivity contribution in [1.29, 1.82) is 0 Å². The molecular weight excluding hydrogens is 620 g/mol. The number of aliphatic hydroxyl groups is 1. The molecule has 0 spiro atoms. The average Bonchev–Trinajstić information content (AvgIpc) is 2.91. The number of carbonyl (C=O) groups is 1. The summed E-state index contributed by atoms with van der Waals surface area (Å²) in [5.74, 6) is 4.24.